The van der Waals surface area contributed by atoms with Crippen LogP contribution in [0.25, 0.3) is 11.0 Å². The van der Waals surface area contributed by atoms with Gasteiger partial charge in [0, 0.05) is 12.6 Å². The number of nitrogens with zero attached hydrogens (tertiary/aromatic N) is 4. The summed E-state index contributed by atoms with van der Waals surface area (Å²) in [7, 11) is 0. The average molecular weight is 303 g/mol. The predicted octanol–water partition coefficient (Wildman–Crippen LogP) is 3.30. The minimum atomic E-state index is 0.377. The molecule has 1 saturated heterocycles. The molecule has 0 bridgehead atoms. The van der Waals surface area contributed by atoms with E-state index in [1.165, 1.54) is 13.0 Å². The minimum absolute atomic E-state index is 0.377. The van der Waals surface area contributed by atoms with E-state index in [0.29, 0.717) is 17.5 Å². The third-order valence-electron chi connectivity index (χ3n) is 4.33. The molecule has 1 aromatic carbocycles. The van der Waals surface area contributed by atoms with Crippen molar-refractivity contribution in [2.24, 2.45) is 0 Å². The van der Waals surface area contributed by atoms with E-state index in [-0.39, 0.29) is 0 Å². The van der Waals surface area contributed by atoms with Crippen LogP contribution >= 0.6 is 11.6 Å². The molecular formula is C16H19ClN4. The fourth-order valence-corrected chi connectivity index (χ4v) is 3.47. The van der Waals surface area contributed by atoms with Crippen LogP contribution < -0.4 is 0 Å². The molecule has 4 nitrogen and oxygen atoms in total. The summed E-state index contributed by atoms with van der Waals surface area (Å²) in [5.41, 5.74) is 2.44. The number of fused-ring (bicyclic) bond motifs is 1. The van der Waals surface area contributed by atoms with Crippen LogP contribution in [0, 0.1) is 11.3 Å². The molecule has 0 N–H and O–H groups in total. The monoisotopic (exact) mass is 302 g/mol. The lowest BCUT2D eigenvalue weighted by Gasteiger charge is -2.33. The van der Waals surface area contributed by atoms with Gasteiger partial charge >= 0.3 is 0 Å². The number of rotatable bonds is 3. The number of halogens is 1. The van der Waals surface area contributed by atoms with Crippen LogP contribution in [0.4, 0.5) is 0 Å². The zero-order valence-corrected chi connectivity index (χ0v) is 13.0. The molecule has 2 heterocycles. The van der Waals surface area contributed by atoms with Gasteiger partial charge in [-0.15, -0.1) is 11.6 Å². The van der Waals surface area contributed by atoms with Crippen molar-refractivity contribution >= 4 is 22.6 Å². The molecule has 5 heteroatoms. The Morgan fingerprint density at radius 3 is 3.05 bits per heavy atom. The van der Waals surface area contributed by atoms with E-state index in [1.54, 1.807) is 0 Å². The number of imidazole rings is 1. The lowest BCUT2D eigenvalue weighted by molar-refractivity contribution is 0.186. The first kappa shape index (κ1) is 14.4. The highest BCUT2D eigenvalue weighted by atomic mass is 35.5. The van der Waals surface area contributed by atoms with Crippen LogP contribution in [0.15, 0.2) is 18.2 Å². The Hall–Kier alpha value is -1.57. The zero-order valence-electron chi connectivity index (χ0n) is 12.2. The van der Waals surface area contributed by atoms with Gasteiger partial charge in [0.05, 0.1) is 17.0 Å². The Balaban J connectivity index is 2.10. The molecule has 1 atom stereocenters. The van der Waals surface area contributed by atoms with E-state index in [0.717, 1.165) is 36.4 Å². The molecule has 1 fully saturated rings. The van der Waals surface area contributed by atoms with Gasteiger partial charge in [0.25, 0.3) is 0 Å². The number of hydrogen-bond donors (Lipinski definition) is 0. The molecule has 0 amide bonds. The molecule has 110 valence electrons. The number of likely N-dealkylation sites (N-methyl/N-ethyl adjacent to an activating group) is 1. The lowest BCUT2D eigenvalue weighted by atomic mass is 10.0. The van der Waals surface area contributed by atoms with E-state index in [4.69, 9.17) is 11.6 Å². The van der Waals surface area contributed by atoms with E-state index in [1.807, 2.05) is 18.2 Å². The van der Waals surface area contributed by atoms with E-state index < -0.39 is 0 Å². The van der Waals surface area contributed by atoms with Crippen LogP contribution in [0.2, 0.25) is 0 Å². The van der Waals surface area contributed by atoms with Gasteiger partial charge < -0.3 is 9.47 Å². The SMILES string of the molecule is CCN1CCCC(n2c(CCl)nc3c(C#N)cccc32)C1. The number of benzene rings is 1. The van der Waals surface area contributed by atoms with Gasteiger partial charge in [-0.2, -0.15) is 5.26 Å². The van der Waals surface area contributed by atoms with Crippen LogP contribution in [-0.4, -0.2) is 34.1 Å². The first-order valence-corrected chi connectivity index (χ1v) is 8.00. The van der Waals surface area contributed by atoms with Crippen LogP contribution in [0.5, 0.6) is 0 Å². The Kier molecular flexibility index (Phi) is 4.14. The van der Waals surface area contributed by atoms with Crippen molar-refractivity contribution in [3.63, 3.8) is 0 Å². The second-order valence-electron chi connectivity index (χ2n) is 5.51. The molecule has 21 heavy (non-hydrogen) atoms. The molecule has 2 aromatic rings. The van der Waals surface area contributed by atoms with E-state index >= 15 is 0 Å². The summed E-state index contributed by atoms with van der Waals surface area (Å²) in [5, 5.41) is 9.26. The quantitative estimate of drug-likeness (QED) is 0.817. The summed E-state index contributed by atoms with van der Waals surface area (Å²) in [5.74, 6) is 1.25. The third-order valence-corrected chi connectivity index (χ3v) is 4.57. The molecule has 0 aliphatic carbocycles. The highest BCUT2D eigenvalue weighted by molar-refractivity contribution is 6.16. The van der Waals surface area contributed by atoms with Gasteiger partial charge in [-0.3, -0.25) is 0 Å². The molecule has 1 aromatic heterocycles. The molecular weight excluding hydrogens is 284 g/mol. The number of alkyl halides is 1. The summed E-state index contributed by atoms with van der Waals surface area (Å²) in [4.78, 5) is 7.08. The summed E-state index contributed by atoms with van der Waals surface area (Å²) in [6, 6.07) is 8.41. The second-order valence-corrected chi connectivity index (χ2v) is 5.77. The van der Waals surface area contributed by atoms with Gasteiger partial charge in [0.1, 0.15) is 17.4 Å². The minimum Gasteiger partial charge on any atom is -0.323 e. The van der Waals surface area contributed by atoms with Crippen LogP contribution in [0.3, 0.4) is 0 Å². The second kappa shape index (κ2) is 6.05. The van der Waals surface area contributed by atoms with E-state index in [2.05, 4.69) is 27.4 Å². The van der Waals surface area contributed by atoms with Gasteiger partial charge in [-0.25, -0.2) is 4.98 Å². The largest absolute Gasteiger partial charge is 0.323 e. The number of piperidine rings is 1. The first-order valence-electron chi connectivity index (χ1n) is 7.46. The van der Waals surface area contributed by atoms with E-state index in [9.17, 15) is 5.26 Å². The summed E-state index contributed by atoms with van der Waals surface area (Å²) >= 11 is 6.11. The third kappa shape index (κ3) is 2.52. The molecule has 1 aliphatic rings. The smallest absolute Gasteiger partial charge is 0.125 e. The maximum absolute atomic E-state index is 9.26. The summed E-state index contributed by atoms with van der Waals surface area (Å²) in [6.45, 7) is 5.47. The predicted molar refractivity (Wildman–Crippen MR) is 84.4 cm³/mol. The number of aromatic nitrogens is 2. The molecule has 0 saturated carbocycles. The number of para-hydroxylation sites is 1. The molecule has 3 rings (SSSR count). The standard InChI is InChI=1S/C16H19ClN4/c1-2-20-8-4-6-13(11-20)21-14-7-3-5-12(10-18)16(14)19-15(21)9-17/h3,5,7,13H,2,4,6,8-9,11H2,1H3. The van der Waals surface area contributed by atoms with Crippen molar-refractivity contribution in [1.82, 2.24) is 14.5 Å². The van der Waals surface area contributed by atoms with Crippen LogP contribution in [0.1, 0.15) is 37.2 Å². The molecule has 1 unspecified atom stereocenters. The zero-order chi connectivity index (χ0) is 14.8. The topological polar surface area (TPSA) is 44.9 Å². The molecule has 0 radical (unpaired) electrons. The van der Waals surface area contributed by atoms with Gasteiger partial charge in [0.15, 0.2) is 0 Å². The highest BCUT2D eigenvalue weighted by Crippen LogP contribution is 2.29. The number of nitriles is 1. The molecule has 1 aliphatic heterocycles. The number of likely N-dealkylation sites (tertiary alicyclic amines) is 1. The van der Waals surface area contributed by atoms with Crippen molar-refractivity contribution in [3.05, 3.63) is 29.6 Å². The number of hydrogen-bond acceptors (Lipinski definition) is 3. The normalized spacial score (nSPS) is 19.8. The first-order chi connectivity index (χ1) is 10.3. The average Bonchev–Trinajstić information content (AvgIpc) is 2.93. The Bertz CT molecular complexity index is 685. The summed E-state index contributed by atoms with van der Waals surface area (Å²) < 4.78 is 2.25. The highest BCUT2D eigenvalue weighted by Gasteiger charge is 2.24. The van der Waals surface area contributed by atoms with Crippen molar-refractivity contribution in [1.29, 1.82) is 5.26 Å². The van der Waals surface area contributed by atoms with Crippen molar-refractivity contribution in [3.8, 4) is 6.07 Å². The Labute approximate surface area is 129 Å². The van der Waals surface area contributed by atoms with Gasteiger partial charge in [-0.1, -0.05) is 13.0 Å². The van der Waals surface area contributed by atoms with Gasteiger partial charge in [-0.05, 0) is 38.1 Å². The Morgan fingerprint density at radius 2 is 2.33 bits per heavy atom. The lowest BCUT2D eigenvalue weighted by Crippen LogP contribution is -2.36. The maximum atomic E-state index is 9.26. The maximum Gasteiger partial charge on any atom is 0.125 e. The fraction of sp³-hybridized carbons (Fsp3) is 0.500. The Morgan fingerprint density at radius 1 is 1.48 bits per heavy atom. The van der Waals surface area contributed by atoms with Crippen LogP contribution in [-0.2, 0) is 5.88 Å². The van der Waals surface area contributed by atoms with Crippen molar-refractivity contribution < 1.29 is 0 Å². The fourth-order valence-electron chi connectivity index (χ4n) is 3.29. The summed E-state index contributed by atoms with van der Waals surface area (Å²) in [6.07, 6.45) is 2.33. The molecule has 0 spiro atoms. The van der Waals surface area contributed by atoms with Gasteiger partial charge in [0.2, 0.25) is 0 Å². The van der Waals surface area contributed by atoms with Crippen molar-refractivity contribution in [2.75, 3.05) is 19.6 Å². The van der Waals surface area contributed by atoms with Crippen molar-refractivity contribution in [2.45, 2.75) is 31.7 Å².